The Kier molecular flexibility index (Phi) is 4.28. The Balaban J connectivity index is 2.02. The number of amidine groups is 1. The highest BCUT2D eigenvalue weighted by molar-refractivity contribution is 5.96. The smallest absolute Gasteiger partial charge is 0.128 e. The normalized spacial score (nSPS) is 21.0. The second kappa shape index (κ2) is 5.77. The van der Waals surface area contributed by atoms with Gasteiger partial charge in [0.2, 0.25) is 0 Å². The van der Waals surface area contributed by atoms with E-state index in [0.29, 0.717) is 11.3 Å². The van der Waals surface area contributed by atoms with E-state index in [1.165, 1.54) is 19.3 Å². The maximum Gasteiger partial charge on any atom is 0.128 e. The van der Waals surface area contributed by atoms with Crippen LogP contribution in [0.5, 0.6) is 0 Å². The Hall–Kier alpha value is -1.31. The van der Waals surface area contributed by atoms with Crippen LogP contribution in [-0.2, 0) is 0 Å². The quantitative estimate of drug-likeness (QED) is 0.594. The van der Waals surface area contributed by atoms with Crippen molar-refractivity contribution < 1.29 is 0 Å². The van der Waals surface area contributed by atoms with Crippen LogP contribution in [0.1, 0.15) is 45.6 Å². The van der Waals surface area contributed by atoms with Gasteiger partial charge in [0.1, 0.15) is 5.84 Å². The first kappa shape index (κ1) is 14.1. The van der Waals surface area contributed by atoms with Crippen molar-refractivity contribution >= 4 is 5.84 Å². The number of likely N-dealkylation sites (tertiary alicyclic amines) is 1. The van der Waals surface area contributed by atoms with E-state index in [0.717, 1.165) is 24.6 Å². The zero-order valence-corrected chi connectivity index (χ0v) is 12.4. The third kappa shape index (κ3) is 3.59. The third-order valence-electron chi connectivity index (χ3n) is 4.32. The van der Waals surface area contributed by atoms with Crippen LogP contribution in [0.15, 0.2) is 30.3 Å². The standard InChI is InChI=1S/C17H26N2/c1-17(2,3)15-10-7-12-19(13-11-15)16(18)14-8-5-4-6-9-14/h4-6,8-9,15,18H,7,10-13H2,1-3H3. The third-order valence-corrected chi connectivity index (χ3v) is 4.32. The van der Waals surface area contributed by atoms with Gasteiger partial charge in [0.15, 0.2) is 0 Å². The number of nitrogens with zero attached hydrogens (tertiary/aromatic N) is 1. The first-order valence-electron chi connectivity index (χ1n) is 7.37. The molecule has 0 radical (unpaired) electrons. The highest BCUT2D eigenvalue weighted by Crippen LogP contribution is 2.34. The topological polar surface area (TPSA) is 27.1 Å². The molecule has 2 heteroatoms. The molecule has 0 spiro atoms. The molecule has 0 amide bonds. The molecule has 1 saturated heterocycles. The summed E-state index contributed by atoms with van der Waals surface area (Å²) >= 11 is 0. The molecule has 2 nitrogen and oxygen atoms in total. The molecular weight excluding hydrogens is 232 g/mol. The lowest BCUT2D eigenvalue weighted by atomic mass is 9.77. The molecule has 1 N–H and O–H groups in total. The lowest BCUT2D eigenvalue weighted by Gasteiger charge is -2.30. The van der Waals surface area contributed by atoms with Crippen LogP contribution in [0.3, 0.4) is 0 Å². The van der Waals surface area contributed by atoms with Crippen molar-refractivity contribution in [3.63, 3.8) is 0 Å². The SMILES string of the molecule is CC(C)(C)C1CCCN(C(=N)c2ccccc2)CC1. The molecule has 2 rings (SSSR count). The molecule has 19 heavy (non-hydrogen) atoms. The van der Waals surface area contributed by atoms with Gasteiger partial charge < -0.3 is 4.90 Å². The lowest BCUT2D eigenvalue weighted by Crippen LogP contribution is -2.32. The first-order chi connectivity index (χ1) is 8.98. The van der Waals surface area contributed by atoms with Crippen LogP contribution in [0.2, 0.25) is 0 Å². The summed E-state index contributed by atoms with van der Waals surface area (Å²) in [6.45, 7) is 9.08. The minimum atomic E-state index is 0.394. The molecule has 1 atom stereocenters. The molecule has 1 fully saturated rings. The van der Waals surface area contributed by atoms with Crippen molar-refractivity contribution in [1.82, 2.24) is 4.90 Å². The minimum absolute atomic E-state index is 0.394. The van der Waals surface area contributed by atoms with Crippen LogP contribution in [0.4, 0.5) is 0 Å². The minimum Gasteiger partial charge on any atom is -0.357 e. The lowest BCUT2D eigenvalue weighted by molar-refractivity contribution is 0.216. The van der Waals surface area contributed by atoms with Crippen molar-refractivity contribution in [3.8, 4) is 0 Å². The number of hydrogen-bond acceptors (Lipinski definition) is 1. The molecular formula is C17H26N2. The molecule has 1 aromatic carbocycles. The van der Waals surface area contributed by atoms with Crippen molar-refractivity contribution in [3.05, 3.63) is 35.9 Å². The van der Waals surface area contributed by atoms with Gasteiger partial charge in [0.25, 0.3) is 0 Å². The molecule has 1 aliphatic heterocycles. The van der Waals surface area contributed by atoms with Gasteiger partial charge >= 0.3 is 0 Å². The van der Waals surface area contributed by atoms with Crippen molar-refractivity contribution in [1.29, 1.82) is 5.41 Å². The van der Waals surface area contributed by atoms with E-state index >= 15 is 0 Å². The predicted molar refractivity (Wildman–Crippen MR) is 81.6 cm³/mol. The summed E-state index contributed by atoms with van der Waals surface area (Å²) in [6, 6.07) is 10.1. The van der Waals surface area contributed by atoms with Gasteiger partial charge in [-0.15, -0.1) is 0 Å². The molecule has 104 valence electrons. The number of rotatable bonds is 1. The molecule has 0 saturated carbocycles. The zero-order valence-electron chi connectivity index (χ0n) is 12.4. The molecule has 0 bridgehead atoms. The van der Waals surface area contributed by atoms with E-state index in [9.17, 15) is 0 Å². The number of benzene rings is 1. The molecule has 1 heterocycles. The van der Waals surface area contributed by atoms with E-state index < -0.39 is 0 Å². The monoisotopic (exact) mass is 258 g/mol. The zero-order chi connectivity index (χ0) is 13.9. The van der Waals surface area contributed by atoms with E-state index in [1.807, 2.05) is 30.3 Å². The summed E-state index contributed by atoms with van der Waals surface area (Å²) in [6.07, 6.45) is 3.71. The van der Waals surface area contributed by atoms with Crippen LogP contribution >= 0.6 is 0 Å². The van der Waals surface area contributed by atoms with Crippen molar-refractivity contribution in [2.45, 2.75) is 40.0 Å². The average molecular weight is 258 g/mol. The summed E-state index contributed by atoms with van der Waals surface area (Å²) in [5.41, 5.74) is 1.43. The van der Waals surface area contributed by atoms with Crippen LogP contribution < -0.4 is 0 Å². The highest BCUT2D eigenvalue weighted by Gasteiger charge is 2.27. The van der Waals surface area contributed by atoms with E-state index in [2.05, 4.69) is 25.7 Å². The van der Waals surface area contributed by atoms with Gasteiger partial charge in [-0.25, -0.2) is 0 Å². The van der Waals surface area contributed by atoms with Gasteiger partial charge in [-0.3, -0.25) is 5.41 Å². The maximum atomic E-state index is 8.37. The molecule has 1 unspecified atom stereocenters. The summed E-state index contributed by atoms with van der Waals surface area (Å²) in [4.78, 5) is 2.25. The van der Waals surface area contributed by atoms with E-state index in [4.69, 9.17) is 5.41 Å². The largest absolute Gasteiger partial charge is 0.357 e. The Bertz CT molecular complexity index is 417. The van der Waals surface area contributed by atoms with Crippen LogP contribution in [0.25, 0.3) is 0 Å². The van der Waals surface area contributed by atoms with Gasteiger partial charge in [0, 0.05) is 18.7 Å². The fourth-order valence-electron chi connectivity index (χ4n) is 2.96. The maximum absolute atomic E-state index is 8.37. The van der Waals surface area contributed by atoms with Crippen molar-refractivity contribution in [2.75, 3.05) is 13.1 Å². The number of hydrogen-bond donors (Lipinski definition) is 1. The highest BCUT2D eigenvalue weighted by atomic mass is 15.2. The summed E-state index contributed by atoms with van der Waals surface area (Å²) in [7, 11) is 0. The van der Waals surface area contributed by atoms with E-state index in [1.54, 1.807) is 0 Å². The summed E-state index contributed by atoms with van der Waals surface area (Å²) in [5.74, 6) is 1.47. The van der Waals surface area contributed by atoms with Crippen LogP contribution in [-0.4, -0.2) is 23.8 Å². The van der Waals surface area contributed by atoms with E-state index in [-0.39, 0.29) is 0 Å². The second-order valence-electron chi connectivity index (χ2n) is 6.70. The van der Waals surface area contributed by atoms with Gasteiger partial charge in [-0.05, 0) is 30.6 Å². The fraction of sp³-hybridized carbons (Fsp3) is 0.588. The molecule has 1 aliphatic rings. The molecule has 0 aromatic heterocycles. The van der Waals surface area contributed by atoms with Crippen molar-refractivity contribution in [2.24, 2.45) is 11.3 Å². The Morgan fingerprint density at radius 2 is 1.79 bits per heavy atom. The predicted octanol–water partition coefficient (Wildman–Crippen LogP) is 4.16. The molecule has 1 aromatic rings. The van der Waals surface area contributed by atoms with Gasteiger partial charge in [-0.2, -0.15) is 0 Å². The van der Waals surface area contributed by atoms with Gasteiger partial charge in [-0.1, -0.05) is 51.1 Å². The summed E-state index contributed by atoms with van der Waals surface area (Å²) in [5, 5.41) is 8.37. The Morgan fingerprint density at radius 3 is 2.42 bits per heavy atom. The van der Waals surface area contributed by atoms with Gasteiger partial charge in [0.05, 0.1) is 0 Å². The van der Waals surface area contributed by atoms with Crippen LogP contribution in [0, 0.1) is 16.7 Å². The second-order valence-corrected chi connectivity index (χ2v) is 6.70. The Labute approximate surface area is 117 Å². The fourth-order valence-corrected chi connectivity index (χ4v) is 2.96. The number of nitrogens with one attached hydrogen (secondary N) is 1. The summed E-state index contributed by atoms with van der Waals surface area (Å²) < 4.78 is 0. The molecule has 0 aliphatic carbocycles. The average Bonchev–Trinajstić information content (AvgIpc) is 2.64. The first-order valence-corrected chi connectivity index (χ1v) is 7.37. The Morgan fingerprint density at radius 1 is 1.11 bits per heavy atom.